The van der Waals surface area contributed by atoms with Gasteiger partial charge in [-0.25, -0.2) is 4.39 Å². The summed E-state index contributed by atoms with van der Waals surface area (Å²) in [5, 5.41) is 0. The molecule has 2 nitrogen and oxygen atoms in total. The molecule has 0 aliphatic rings. The maximum Gasteiger partial charge on any atom is 0.148 e. The Labute approximate surface area is 77.3 Å². The smallest absolute Gasteiger partial charge is 0.148 e. The fourth-order valence-corrected chi connectivity index (χ4v) is 0.968. The SMILES string of the molecule is Cc1ccc(F)c(C=CCCN)n1. The topological polar surface area (TPSA) is 38.9 Å². The summed E-state index contributed by atoms with van der Waals surface area (Å²) in [5.74, 6) is -0.293. The highest BCUT2D eigenvalue weighted by Crippen LogP contribution is 2.07. The number of aromatic nitrogens is 1. The van der Waals surface area contributed by atoms with E-state index in [2.05, 4.69) is 4.98 Å². The van der Waals surface area contributed by atoms with Gasteiger partial charge in [0.05, 0.1) is 5.69 Å². The third-order valence-corrected chi connectivity index (χ3v) is 1.62. The Bertz CT molecular complexity index is 308. The lowest BCUT2D eigenvalue weighted by Gasteiger charge is -1.97. The fourth-order valence-electron chi connectivity index (χ4n) is 0.968. The molecule has 70 valence electrons. The van der Waals surface area contributed by atoms with Gasteiger partial charge in [-0.1, -0.05) is 6.08 Å². The Morgan fingerprint density at radius 2 is 2.31 bits per heavy atom. The Morgan fingerprint density at radius 1 is 1.54 bits per heavy atom. The Kier molecular flexibility index (Phi) is 3.58. The van der Waals surface area contributed by atoms with Crippen LogP contribution in [0.25, 0.3) is 6.08 Å². The highest BCUT2D eigenvalue weighted by molar-refractivity contribution is 5.45. The minimum Gasteiger partial charge on any atom is -0.330 e. The molecule has 0 radical (unpaired) electrons. The number of hydrogen-bond acceptors (Lipinski definition) is 2. The first-order chi connectivity index (χ1) is 6.24. The molecule has 0 bridgehead atoms. The van der Waals surface area contributed by atoms with Crippen LogP contribution in [0.5, 0.6) is 0 Å². The molecular formula is C10H13FN2. The van der Waals surface area contributed by atoms with Crippen molar-refractivity contribution in [2.45, 2.75) is 13.3 Å². The van der Waals surface area contributed by atoms with Crippen molar-refractivity contribution in [2.24, 2.45) is 5.73 Å². The van der Waals surface area contributed by atoms with Crippen LogP contribution >= 0.6 is 0 Å². The Morgan fingerprint density at radius 3 is 3.00 bits per heavy atom. The third-order valence-electron chi connectivity index (χ3n) is 1.62. The summed E-state index contributed by atoms with van der Waals surface area (Å²) in [6.07, 6.45) is 4.23. The number of rotatable bonds is 3. The van der Waals surface area contributed by atoms with Gasteiger partial charge in [0.2, 0.25) is 0 Å². The molecule has 1 heterocycles. The first-order valence-electron chi connectivity index (χ1n) is 4.24. The highest BCUT2D eigenvalue weighted by Gasteiger charge is 1.98. The van der Waals surface area contributed by atoms with Crippen molar-refractivity contribution >= 4 is 6.08 Å². The summed E-state index contributed by atoms with van der Waals surface area (Å²) >= 11 is 0. The van der Waals surface area contributed by atoms with Crippen molar-refractivity contribution in [3.63, 3.8) is 0 Å². The summed E-state index contributed by atoms with van der Waals surface area (Å²) in [6, 6.07) is 3.07. The van der Waals surface area contributed by atoms with E-state index in [1.807, 2.05) is 13.0 Å². The van der Waals surface area contributed by atoms with Gasteiger partial charge < -0.3 is 5.73 Å². The summed E-state index contributed by atoms with van der Waals surface area (Å²) in [4.78, 5) is 4.04. The Balaban J connectivity index is 2.81. The molecule has 1 aromatic rings. The number of nitrogens with two attached hydrogens (primary N) is 1. The van der Waals surface area contributed by atoms with E-state index in [1.54, 1.807) is 12.1 Å². The molecule has 0 aliphatic carbocycles. The summed E-state index contributed by atoms with van der Waals surface area (Å²) in [7, 11) is 0. The number of aryl methyl sites for hydroxylation is 1. The van der Waals surface area contributed by atoms with Gasteiger partial charge in [-0.2, -0.15) is 0 Å². The van der Waals surface area contributed by atoms with Gasteiger partial charge in [0.15, 0.2) is 0 Å². The summed E-state index contributed by atoms with van der Waals surface area (Å²) in [6.45, 7) is 2.41. The molecule has 13 heavy (non-hydrogen) atoms. The molecular weight excluding hydrogens is 167 g/mol. The van der Waals surface area contributed by atoms with Crippen LogP contribution in [-0.4, -0.2) is 11.5 Å². The second kappa shape index (κ2) is 4.72. The van der Waals surface area contributed by atoms with Crippen LogP contribution in [-0.2, 0) is 0 Å². The average molecular weight is 180 g/mol. The summed E-state index contributed by atoms with van der Waals surface area (Å²) < 4.78 is 13.1. The second-order valence-electron chi connectivity index (χ2n) is 2.80. The first kappa shape index (κ1) is 9.86. The van der Waals surface area contributed by atoms with Gasteiger partial charge in [-0.15, -0.1) is 0 Å². The second-order valence-corrected chi connectivity index (χ2v) is 2.80. The van der Waals surface area contributed by atoms with Crippen LogP contribution in [0, 0.1) is 12.7 Å². The van der Waals surface area contributed by atoms with Crippen molar-refractivity contribution in [2.75, 3.05) is 6.54 Å². The molecule has 0 amide bonds. The minimum absolute atomic E-state index is 0.293. The predicted octanol–water partition coefficient (Wildman–Crippen LogP) is 1.89. The molecule has 2 N–H and O–H groups in total. The van der Waals surface area contributed by atoms with E-state index in [0.29, 0.717) is 12.2 Å². The van der Waals surface area contributed by atoms with E-state index in [0.717, 1.165) is 12.1 Å². The van der Waals surface area contributed by atoms with E-state index in [4.69, 9.17) is 5.73 Å². The predicted molar refractivity (Wildman–Crippen MR) is 51.6 cm³/mol. The zero-order valence-corrected chi connectivity index (χ0v) is 7.63. The van der Waals surface area contributed by atoms with Crippen LogP contribution in [0.4, 0.5) is 4.39 Å². The van der Waals surface area contributed by atoms with E-state index >= 15 is 0 Å². The lowest BCUT2D eigenvalue weighted by molar-refractivity contribution is 0.616. The molecule has 3 heteroatoms. The molecule has 0 saturated heterocycles. The van der Waals surface area contributed by atoms with Crippen LogP contribution in [0.2, 0.25) is 0 Å². The molecule has 1 rings (SSSR count). The maximum absolute atomic E-state index is 13.1. The van der Waals surface area contributed by atoms with Gasteiger partial charge in [0, 0.05) is 5.69 Å². The normalized spacial score (nSPS) is 11.0. The lowest BCUT2D eigenvalue weighted by atomic mass is 10.2. The van der Waals surface area contributed by atoms with Crippen LogP contribution in [0.3, 0.4) is 0 Å². The summed E-state index contributed by atoms with van der Waals surface area (Å²) in [5.41, 5.74) is 6.49. The number of hydrogen-bond donors (Lipinski definition) is 1. The average Bonchev–Trinajstić information content (AvgIpc) is 2.11. The van der Waals surface area contributed by atoms with E-state index in [1.165, 1.54) is 6.07 Å². The Hall–Kier alpha value is -1.22. The molecule has 0 unspecified atom stereocenters. The number of pyridine rings is 1. The zero-order chi connectivity index (χ0) is 9.68. The lowest BCUT2D eigenvalue weighted by Crippen LogP contribution is -1.95. The molecule has 0 atom stereocenters. The molecule has 0 saturated carbocycles. The largest absolute Gasteiger partial charge is 0.330 e. The van der Waals surface area contributed by atoms with Gasteiger partial charge in [-0.05, 0) is 38.1 Å². The first-order valence-corrected chi connectivity index (χ1v) is 4.24. The minimum atomic E-state index is -0.293. The van der Waals surface area contributed by atoms with Crippen molar-refractivity contribution < 1.29 is 4.39 Å². The van der Waals surface area contributed by atoms with E-state index < -0.39 is 0 Å². The van der Waals surface area contributed by atoms with Gasteiger partial charge in [-0.3, -0.25) is 4.98 Å². The number of halogens is 1. The maximum atomic E-state index is 13.1. The van der Waals surface area contributed by atoms with Crippen molar-refractivity contribution in [1.82, 2.24) is 4.98 Å². The quantitative estimate of drug-likeness (QED) is 0.771. The molecule has 0 fully saturated rings. The van der Waals surface area contributed by atoms with Gasteiger partial charge in [0.1, 0.15) is 5.82 Å². The standard InChI is InChI=1S/C10H13FN2/c1-8-5-6-9(11)10(13-8)4-2-3-7-12/h2,4-6H,3,7,12H2,1H3. The van der Waals surface area contributed by atoms with Crippen LogP contribution in [0.15, 0.2) is 18.2 Å². The van der Waals surface area contributed by atoms with E-state index in [-0.39, 0.29) is 5.82 Å². The van der Waals surface area contributed by atoms with Crippen LogP contribution in [0.1, 0.15) is 17.8 Å². The third kappa shape index (κ3) is 2.95. The zero-order valence-electron chi connectivity index (χ0n) is 7.63. The molecule has 0 aromatic carbocycles. The molecule has 0 aliphatic heterocycles. The fraction of sp³-hybridized carbons (Fsp3) is 0.300. The highest BCUT2D eigenvalue weighted by atomic mass is 19.1. The van der Waals surface area contributed by atoms with Gasteiger partial charge >= 0.3 is 0 Å². The van der Waals surface area contributed by atoms with E-state index in [9.17, 15) is 4.39 Å². The van der Waals surface area contributed by atoms with Crippen molar-refractivity contribution in [1.29, 1.82) is 0 Å². The van der Waals surface area contributed by atoms with Gasteiger partial charge in [0.25, 0.3) is 0 Å². The number of nitrogens with zero attached hydrogens (tertiary/aromatic N) is 1. The van der Waals surface area contributed by atoms with Crippen molar-refractivity contribution in [3.8, 4) is 0 Å². The van der Waals surface area contributed by atoms with Crippen molar-refractivity contribution in [3.05, 3.63) is 35.4 Å². The monoisotopic (exact) mass is 180 g/mol. The molecule has 1 aromatic heterocycles. The molecule has 0 spiro atoms. The van der Waals surface area contributed by atoms with Crippen LogP contribution < -0.4 is 5.73 Å².